The Balaban J connectivity index is 5.11. The van der Waals surface area contributed by atoms with Crippen LogP contribution in [0.4, 0.5) is 4.39 Å². The van der Waals surface area contributed by atoms with E-state index < -0.39 is 22.7 Å². The summed E-state index contributed by atoms with van der Waals surface area (Å²) in [7, 11) is 0. The maximum absolute atomic E-state index is 13.7. The molecule has 0 saturated carbocycles. The Kier molecular flexibility index (Phi) is 7.32. The molecule has 5 nitrogen and oxygen atoms in total. The van der Waals surface area contributed by atoms with E-state index in [2.05, 4.69) is 0 Å². The van der Waals surface area contributed by atoms with E-state index in [1.165, 1.54) is 13.0 Å². The van der Waals surface area contributed by atoms with Crippen molar-refractivity contribution in [3.8, 4) is 0 Å². The van der Waals surface area contributed by atoms with Crippen LogP contribution in [-0.2, 0) is 4.74 Å². The summed E-state index contributed by atoms with van der Waals surface area (Å²) in [5.41, 5.74) is -0.811. The number of unbranched alkanes of at least 4 members (excludes halogenated alkanes) is 1. The predicted octanol–water partition coefficient (Wildman–Crippen LogP) is 2.55. The van der Waals surface area contributed by atoms with Crippen LogP contribution in [0.25, 0.3) is 0 Å². The Hall–Kier alpha value is -1.27. The molecule has 1 unspecified atom stereocenters. The van der Waals surface area contributed by atoms with Crippen molar-refractivity contribution in [2.45, 2.75) is 39.9 Å². The standard InChI is InChI=1S/C11H18FNO4/c1-4-6-7-9(13(15)16)10(12)8(3)11(14)17-5-2/h7,11,14H,4-6H2,1-3H3/b9-7+,10-8-. The van der Waals surface area contributed by atoms with E-state index in [9.17, 15) is 19.6 Å². The van der Waals surface area contributed by atoms with Gasteiger partial charge in [0.05, 0.1) is 4.92 Å². The van der Waals surface area contributed by atoms with Gasteiger partial charge in [0.2, 0.25) is 5.83 Å². The van der Waals surface area contributed by atoms with Gasteiger partial charge in [0, 0.05) is 12.2 Å². The van der Waals surface area contributed by atoms with Gasteiger partial charge in [-0.25, -0.2) is 0 Å². The zero-order valence-electron chi connectivity index (χ0n) is 10.3. The minimum Gasteiger partial charge on any atom is -0.364 e. The second kappa shape index (κ2) is 7.92. The van der Waals surface area contributed by atoms with Gasteiger partial charge in [-0.05, 0) is 26.3 Å². The van der Waals surface area contributed by atoms with Crippen molar-refractivity contribution in [2.24, 2.45) is 0 Å². The van der Waals surface area contributed by atoms with Crippen LogP contribution in [0.15, 0.2) is 23.2 Å². The van der Waals surface area contributed by atoms with Gasteiger partial charge in [0.1, 0.15) is 0 Å². The lowest BCUT2D eigenvalue weighted by Crippen LogP contribution is -2.15. The predicted molar refractivity (Wildman–Crippen MR) is 61.4 cm³/mol. The summed E-state index contributed by atoms with van der Waals surface area (Å²) in [6.45, 7) is 4.92. The SMILES string of the molecule is CCC/C=C(\C(F)=C(/C)C(O)OCC)[N+](=O)[O-]. The van der Waals surface area contributed by atoms with E-state index in [4.69, 9.17) is 4.74 Å². The fourth-order valence-electron chi connectivity index (χ4n) is 1.12. The average Bonchev–Trinajstić information content (AvgIpc) is 2.28. The quantitative estimate of drug-likeness (QED) is 0.325. The molecule has 6 heteroatoms. The number of rotatable bonds is 7. The normalized spacial score (nSPS) is 15.5. The van der Waals surface area contributed by atoms with Crippen LogP contribution >= 0.6 is 0 Å². The van der Waals surface area contributed by atoms with Crippen molar-refractivity contribution in [2.75, 3.05) is 6.61 Å². The molecule has 1 N–H and O–H groups in total. The molecule has 1 atom stereocenters. The van der Waals surface area contributed by atoms with Gasteiger partial charge in [0.15, 0.2) is 6.29 Å². The van der Waals surface area contributed by atoms with Crippen LogP contribution in [0.5, 0.6) is 0 Å². The Morgan fingerprint density at radius 1 is 1.59 bits per heavy atom. The van der Waals surface area contributed by atoms with E-state index in [0.717, 1.165) is 0 Å². The second-order valence-electron chi connectivity index (χ2n) is 3.44. The Morgan fingerprint density at radius 3 is 2.59 bits per heavy atom. The fraction of sp³-hybridized carbons (Fsp3) is 0.636. The number of aliphatic hydroxyl groups is 1. The van der Waals surface area contributed by atoms with E-state index in [1.54, 1.807) is 6.92 Å². The molecule has 17 heavy (non-hydrogen) atoms. The molecule has 0 aromatic carbocycles. The fourth-order valence-corrected chi connectivity index (χ4v) is 1.12. The van der Waals surface area contributed by atoms with E-state index >= 15 is 0 Å². The van der Waals surface area contributed by atoms with Gasteiger partial charge >= 0.3 is 5.70 Å². The van der Waals surface area contributed by atoms with Crippen molar-refractivity contribution >= 4 is 0 Å². The number of aliphatic hydroxyl groups excluding tert-OH is 1. The molecule has 0 amide bonds. The zero-order valence-corrected chi connectivity index (χ0v) is 10.3. The molecule has 0 aromatic heterocycles. The highest BCUT2D eigenvalue weighted by Gasteiger charge is 2.23. The van der Waals surface area contributed by atoms with Gasteiger partial charge in [-0.15, -0.1) is 0 Å². The van der Waals surface area contributed by atoms with Crippen molar-refractivity contribution in [3.05, 3.63) is 33.3 Å². The Morgan fingerprint density at radius 2 is 2.18 bits per heavy atom. The zero-order chi connectivity index (χ0) is 13.4. The van der Waals surface area contributed by atoms with Crippen molar-refractivity contribution in [1.29, 1.82) is 0 Å². The summed E-state index contributed by atoms with van der Waals surface area (Å²) in [6, 6.07) is 0. The summed E-state index contributed by atoms with van der Waals surface area (Å²) in [5, 5.41) is 20.0. The third kappa shape index (κ3) is 5.06. The number of halogens is 1. The monoisotopic (exact) mass is 247 g/mol. The molecule has 0 rings (SSSR count). The lowest BCUT2D eigenvalue weighted by molar-refractivity contribution is -0.423. The largest absolute Gasteiger partial charge is 0.364 e. The van der Waals surface area contributed by atoms with Crippen LogP contribution in [0.1, 0.15) is 33.6 Å². The van der Waals surface area contributed by atoms with Crippen molar-refractivity contribution in [1.82, 2.24) is 0 Å². The number of ether oxygens (including phenoxy) is 1. The molecule has 0 radical (unpaired) electrons. The van der Waals surface area contributed by atoms with Gasteiger partial charge in [-0.1, -0.05) is 13.3 Å². The van der Waals surface area contributed by atoms with Crippen LogP contribution in [0.3, 0.4) is 0 Å². The Labute approximate surface area is 99.7 Å². The molecule has 98 valence electrons. The molecule has 0 aliphatic rings. The van der Waals surface area contributed by atoms with Crippen LogP contribution < -0.4 is 0 Å². The summed E-state index contributed by atoms with van der Waals surface area (Å²) >= 11 is 0. The molecular formula is C11H18FNO4. The molecule has 0 spiro atoms. The molecule has 0 aliphatic carbocycles. The van der Waals surface area contributed by atoms with Gasteiger partial charge in [-0.2, -0.15) is 4.39 Å². The first-order chi connectivity index (χ1) is 7.95. The minimum absolute atomic E-state index is 0.189. The van der Waals surface area contributed by atoms with E-state index in [-0.39, 0.29) is 12.2 Å². The van der Waals surface area contributed by atoms with E-state index in [1.807, 2.05) is 6.92 Å². The summed E-state index contributed by atoms with van der Waals surface area (Å²) in [5.74, 6) is -1.04. The van der Waals surface area contributed by atoms with Crippen molar-refractivity contribution in [3.63, 3.8) is 0 Å². The molecule has 0 fully saturated rings. The van der Waals surface area contributed by atoms with Crippen LogP contribution in [0.2, 0.25) is 0 Å². The summed E-state index contributed by atoms with van der Waals surface area (Å²) < 4.78 is 18.5. The van der Waals surface area contributed by atoms with E-state index in [0.29, 0.717) is 12.8 Å². The number of allylic oxidation sites excluding steroid dienone is 2. The topological polar surface area (TPSA) is 72.6 Å². The average molecular weight is 247 g/mol. The molecule has 0 aromatic rings. The molecular weight excluding hydrogens is 229 g/mol. The highest BCUT2D eigenvalue weighted by molar-refractivity contribution is 5.25. The maximum Gasteiger partial charge on any atom is 0.300 e. The smallest absolute Gasteiger partial charge is 0.300 e. The number of nitrogens with zero attached hydrogens (tertiary/aromatic N) is 1. The first-order valence-corrected chi connectivity index (χ1v) is 5.46. The number of nitro groups is 1. The molecule has 0 bridgehead atoms. The third-order valence-electron chi connectivity index (χ3n) is 2.09. The summed E-state index contributed by atoms with van der Waals surface area (Å²) in [4.78, 5) is 9.87. The number of hydrogen-bond acceptors (Lipinski definition) is 4. The van der Waals surface area contributed by atoms with Crippen LogP contribution in [0, 0.1) is 10.1 Å². The second-order valence-corrected chi connectivity index (χ2v) is 3.44. The highest BCUT2D eigenvalue weighted by atomic mass is 19.1. The van der Waals surface area contributed by atoms with Gasteiger partial charge in [-0.3, -0.25) is 10.1 Å². The molecule has 0 heterocycles. The minimum atomic E-state index is -1.45. The maximum atomic E-state index is 13.7. The third-order valence-corrected chi connectivity index (χ3v) is 2.09. The first kappa shape index (κ1) is 15.7. The van der Waals surface area contributed by atoms with Gasteiger partial charge in [0.25, 0.3) is 0 Å². The van der Waals surface area contributed by atoms with Crippen molar-refractivity contribution < 1.29 is 19.2 Å². The van der Waals surface area contributed by atoms with Gasteiger partial charge < -0.3 is 9.84 Å². The summed E-state index contributed by atoms with van der Waals surface area (Å²) in [6.07, 6.45) is 0.835. The highest BCUT2D eigenvalue weighted by Crippen LogP contribution is 2.20. The van der Waals surface area contributed by atoms with Crippen LogP contribution in [-0.4, -0.2) is 22.9 Å². The lowest BCUT2D eigenvalue weighted by Gasteiger charge is -2.11. The molecule has 0 saturated heterocycles. The Bertz CT molecular complexity index is 325. The molecule has 0 aliphatic heterocycles. The lowest BCUT2D eigenvalue weighted by atomic mass is 10.2. The first-order valence-electron chi connectivity index (χ1n) is 5.46. The number of hydrogen-bond donors (Lipinski definition) is 1.